The maximum Gasteiger partial charge on any atom is 0.425 e. The summed E-state index contributed by atoms with van der Waals surface area (Å²) < 4.78 is 25.3. The first-order chi connectivity index (χ1) is 12.0. The summed E-state index contributed by atoms with van der Waals surface area (Å²) in [5.41, 5.74) is 0. The largest absolute Gasteiger partial charge is 0.848 e. The summed E-state index contributed by atoms with van der Waals surface area (Å²) in [4.78, 5) is 0. The van der Waals surface area contributed by atoms with E-state index in [9.17, 15) is 40.9 Å². The highest BCUT2D eigenvalue weighted by Gasteiger charge is 2.43. The summed E-state index contributed by atoms with van der Waals surface area (Å²) in [6.45, 7) is -1.34. The second kappa shape index (κ2) is 11.9. The van der Waals surface area contributed by atoms with Crippen LogP contribution in [0, 0.1) is 11.8 Å². The van der Waals surface area contributed by atoms with Gasteiger partial charge in [0, 0.05) is 18.6 Å². The van der Waals surface area contributed by atoms with Crippen LogP contribution in [0.1, 0.15) is 12.8 Å². The van der Waals surface area contributed by atoms with Crippen molar-refractivity contribution >= 4 is 10.6 Å². The molecule has 1 fully saturated rings. The fourth-order valence-corrected chi connectivity index (χ4v) is 2.91. The molecule has 0 heterocycles. The topological polar surface area (TPSA) is 236 Å². The van der Waals surface area contributed by atoms with Crippen molar-refractivity contribution in [3.05, 3.63) is 0 Å². The Morgan fingerprint density at radius 2 is 1.46 bits per heavy atom. The van der Waals surface area contributed by atoms with Gasteiger partial charge in [-0.3, -0.25) is 0 Å². The summed E-state index contributed by atoms with van der Waals surface area (Å²) >= 11 is 0. The van der Waals surface area contributed by atoms with Crippen molar-refractivity contribution in [1.29, 1.82) is 0 Å². The van der Waals surface area contributed by atoms with Gasteiger partial charge in [0.2, 0.25) is 0 Å². The molecule has 1 rings (SSSR count). The molecule has 0 amide bonds. The molecule has 8 N–H and O–H groups in total. The van der Waals surface area contributed by atoms with Crippen LogP contribution in [0.4, 0.5) is 0 Å². The molecule has 0 unspecified atom stereocenters. The van der Waals surface area contributed by atoms with Gasteiger partial charge < -0.3 is 46.0 Å². The molecule has 0 radical (unpaired) electrons. The normalized spacial score (nSPS) is 33.3. The Morgan fingerprint density at radius 3 is 1.88 bits per heavy atom. The molecule has 12 nitrogen and oxygen atoms in total. The van der Waals surface area contributed by atoms with Gasteiger partial charge in [0.05, 0.1) is 24.9 Å². The van der Waals surface area contributed by atoms with Crippen LogP contribution in [0.5, 0.6) is 0 Å². The zero-order valence-electron chi connectivity index (χ0n) is 13.6. The first kappa shape index (κ1) is 25.3. The third-order valence-electron chi connectivity index (χ3n) is 4.38. The zero-order valence-corrected chi connectivity index (χ0v) is 14.5. The second-order valence-electron chi connectivity index (χ2n) is 6.10. The van der Waals surface area contributed by atoms with Crippen LogP contribution in [-0.2, 0) is 10.6 Å². The van der Waals surface area contributed by atoms with E-state index in [0.29, 0.717) is 0 Å². The third-order valence-corrected chi connectivity index (χ3v) is 4.38. The van der Waals surface area contributed by atoms with E-state index in [0.717, 1.165) is 0 Å². The lowest BCUT2D eigenvalue weighted by Crippen LogP contribution is -2.56. The van der Waals surface area contributed by atoms with E-state index in [2.05, 4.69) is 0 Å². The summed E-state index contributed by atoms with van der Waals surface area (Å²) in [5, 5.41) is 87.4. The van der Waals surface area contributed by atoms with Gasteiger partial charge in [-0.25, -0.2) is 0 Å². The summed E-state index contributed by atoms with van der Waals surface area (Å²) in [7, 11) is -3.11. The molecule has 26 heavy (non-hydrogen) atoms. The van der Waals surface area contributed by atoms with E-state index in [-0.39, 0.29) is 12.8 Å². The standard InChI is InChI=1S/C13H25O9.O3S/c14-3-6-5(1-7(16)11(20)10(6)19)2-8(17)12(21)13(22)9(18)4-15;1-4(2)3/h5-20,22H,1-4H2;/q-1;/t5-,6-,7-,8+,9-,10-,11-,12-,13-;/m1./s1. The molecule has 0 aromatic carbocycles. The number of rotatable bonds is 7. The van der Waals surface area contributed by atoms with Gasteiger partial charge in [-0.1, -0.05) is 6.10 Å². The molecule has 1 saturated carbocycles. The van der Waals surface area contributed by atoms with Crippen molar-refractivity contribution in [1.82, 2.24) is 0 Å². The van der Waals surface area contributed by atoms with E-state index in [1.54, 1.807) is 0 Å². The lowest BCUT2D eigenvalue weighted by Gasteiger charge is -2.43. The third kappa shape index (κ3) is 7.48. The number of aliphatic hydroxyl groups excluding tert-OH is 8. The number of aliphatic hydroxyl groups is 8. The molecule has 0 bridgehead atoms. The first-order valence-corrected chi connectivity index (χ1v) is 8.70. The minimum Gasteiger partial charge on any atom is -0.848 e. The van der Waals surface area contributed by atoms with Gasteiger partial charge in [0.25, 0.3) is 0 Å². The van der Waals surface area contributed by atoms with Crippen LogP contribution in [0.3, 0.4) is 0 Å². The molecular weight excluding hydrogens is 380 g/mol. The van der Waals surface area contributed by atoms with Crippen molar-refractivity contribution in [2.75, 3.05) is 13.2 Å². The molecule has 0 saturated heterocycles. The summed E-state index contributed by atoms with van der Waals surface area (Å²) in [5.74, 6) is -1.48. The molecule has 9 atom stereocenters. The van der Waals surface area contributed by atoms with Gasteiger partial charge >= 0.3 is 10.6 Å². The number of hydrogen-bond acceptors (Lipinski definition) is 12. The van der Waals surface area contributed by atoms with Gasteiger partial charge in [-0.15, -0.1) is 12.6 Å². The van der Waals surface area contributed by atoms with E-state index in [1.165, 1.54) is 0 Å². The molecule has 0 aromatic heterocycles. The van der Waals surface area contributed by atoms with Crippen molar-refractivity contribution in [3.8, 4) is 0 Å². The van der Waals surface area contributed by atoms with Crippen LogP contribution in [0.15, 0.2) is 0 Å². The molecule has 0 aliphatic heterocycles. The molecular formula is C13H25O12S-. The summed E-state index contributed by atoms with van der Waals surface area (Å²) in [6, 6.07) is 0. The van der Waals surface area contributed by atoms with Gasteiger partial charge in [-0.2, -0.15) is 0 Å². The average molecular weight is 405 g/mol. The van der Waals surface area contributed by atoms with E-state index < -0.39 is 78.4 Å². The Hall–Kier alpha value is -0.740. The monoisotopic (exact) mass is 405 g/mol. The maximum atomic E-state index is 11.8. The molecule has 13 heteroatoms. The van der Waals surface area contributed by atoms with Crippen molar-refractivity contribution in [2.24, 2.45) is 11.8 Å². The predicted molar refractivity (Wildman–Crippen MR) is 79.9 cm³/mol. The fourth-order valence-electron chi connectivity index (χ4n) is 2.91. The number of hydrogen-bond donors (Lipinski definition) is 8. The van der Waals surface area contributed by atoms with Crippen LogP contribution >= 0.6 is 0 Å². The Bertz CT molecular complexity index is 491. The van der Waals surface area contributed by atoms with Crippen molar-refractivity contribution in [3.63, 3.8) is 0 Å². The van der Waals surface area contributed by atoms with Crippen LogP contribution in [0.25, 0.3) is 0 Å². The van der Waals surface area contributed by atoms with E-state index in [1.807, 2.05) is 0 Å². The smallest absolute Gasteiger partial charge is 0.425 e. The highest BCUT2D eigenvalue weighted by molar-refractivity contribution is 7.59. The van der Waals surface area contributed by atoms with Gasteiger partial charge in [0.15, 0.2) is 0 Å². The lowest BCUT2D eigenvalue weighted by atomic mass is 9.72. The minimum absolute atomic E-state index is 0.0358. The minimum atomic E-state index is -3.11. The van der Waals surface area contributed by atoms with Crippen LogP contribution in [0.2, 0.25) is 0 Å². The zero-order chi connectivity index (χ0) is 20.6. The molecule has 1 aliphatic carbocycles. The quantitative estimate of drug-likeness (QED) is 0.197. The summed E-state index contributed by atoms with van der Waals surface area (Å²) in [6.07, 6.45) is -11.5. The van der Waals surface area contributed by atoms with E-state index >= 15 is 0 Å². The van der Waals surface area contributed by atoms with Gasteiger partial charge in [-0.05, 0) is 18.8 Å². The lowest BCUT2D eigenvalue weighted by molar-refractivity contribution is -0.460. The highest BCUT2D eigenvalue weighted by atomic mass is 32.2. The van der Waals surface area contributed by atoms with Crippen molar-refractivity contribution < 1.29 is 58.6 Å². The SMILES string of the molecule is O=S(=O)=O.[O-][C@@H]([C@H](O)[C@H](O)CO)[C@@H](O)C[C@H]1C[C@@H](O)[C@@H](O)[C@H](O)[C@@H]1CO. The average Bonchev–Trinajstić information content (AvgIpc) is 2.57. The molecule has 0 spiro atoms. The van der Waals surface area contributed by atoms with Crippen molar-refractivity contribution in [2.45, 2.75) is 55.6 Å². The Balaban J connectivity index is 0.00000141. The van der Waals surface area contributed by atoms with E-state index in [4.69, 9.17) is 17.7 Å². The fraction of sp³-hybridized carbons (Fsp3) is 1.00. The van der Waals surface area contributed by atoms with Crippen LogP contribution < -0.4 is 5.11 Å². The molecule has 1 aliphatic rings. The van der Waals surface area contributed by atoms with Gasteiger partial charge in [0.1, 0.15) is 12.2 Å². The molecule has 0 aromatic rings. The Labute approximate surface area is 150 Å². The Kier molecular flexibility index (Phi) is 11.5. The Morgan fingerprint density at radius 1 is 0.962 bits per heavy atom. The van der Waals surface area contributed by atoms with Crippen LogP contribution in [-0.4, -0.2) is 109 Å². The maximum absolute atomic E-state index is 11.8. The first-order valence-electron chi connectivity index (χ1n) is 7.70. The molecule has 156 valence electrons. The second-order valence-corrected chi connectivity index (χ2v) is 6.51. The highest BCUT2D eigenvalue weighted by Crippen LogP contribution is 2.34. The predicted octanol–water partition coefficient (Wildman–Crippen LogP) is -6.11.